The molecule has 5 heterocycles. The first-order valence-corrected chi connectivity index (χ1v) is 26.3. The van der Waals surface area contributed by atoms with Crippen molar-refractivity contribution in [1.29, 1.82) is 0 Å². The summed E-state index contributed by atoms with van der Waals surface area (Å²) in [6.07, 6.45) is 2.05. The number of benzene rings is 7. The number of nitrogens with zero attached hydrogens (tertiary/aromatic N) is 4. The molecule has 3 aliphatic rings. The molecular weight excluding hydrogens is 1080 g/mol. The van der Waals surface area contributed by atoms with Crippen LogP contribution in [-0.4, -0.2) is 16.2 Å². The van der Waals surface area contributed by atoms with E-state index in [2.05, 4.69) is 260 Å². The average molecular weight is 1160 g/mol. The summed E-state index contributed by atoms with van der Waals surface area (Å²) in [7, 11) is 0. The average Bonchev–Trinajstić information content (AvgIpc) is 3.94. The van der Waals surface area contributed by atoms with Crippen LogP contribution in [0.25, 0.3) is 49.9 Å². The third-order valence-corrected chi connectivity index (χ3v) is 15.6. The second-order valence-electron chi connectivity index (χ2n) is 25.3. The number of pyridine rings is 1. The summed E-state index contributed by atoms with van der Waals surface area (Å²) in [5.74, 6) is 2.41. The van der Waals surface area contributed by atoms with E-state index in [9.17, 15) is 0 Å². The van der Waals surface area contributed by atoms with Crippen LogP contribution in [0.15, 0.2) is 152 Å². The zero-order chi connectivity index (χ0) is 51.6. The van der Waals surface area contributed by atoms with Gasteiger partial charge in [-0.05, 0) is 90.1 Å². The van der Waals surface area contributed by atoms with Crippen molar-refractivity contribution >= 4 is 44.6 Å². The quantitative estimate of drug-likeness (QED) is 0.112. The number of quaternary nitrogens is 2. The number of rotatable bonds is 8. The minimum absolute atomic E-state index is 0. The number of ether oxygens (including phenoxy) is 1. The summed E-state index contributed by atoms with van der Waals surface area (Å²) < 4.78 is 10.3. The van der Waals surface area contributed by atoms with E-state index in [1.807, 2.05) is 12.1 Å². The maximum atomic E-state index is 6.88. The van der Waals surface area contributed by atoms with Crippen molar-refractivity contribution in [1.82, 2.24) is 18.5 Å². The molecule has 0 spiro atoms. The molecule has 1 fully saturated rings. The molecule has 12 rings (SSSR count). The van der Waals surface area contributed by atoms with E-state index in [4.69, 9.17) is 9.72 Å². The number of hydrogen-bond donors (Lipinski definition) is 0. The summed E-state index contributed by atoms with van der Waals surface area (Å²) in [5, 5.41) is 2.25. The molecule has 0 amide bonds. The van der Waals surface area contributed by atoms with Gasteiger partial charge in [0.05, 0.1) is 6.67 Å². The van der Waals surface area contributed by atoms with Crippen LogP contribution >= 0.6 is 0 Å². The van der Waals surface area contributed by atoms with Gasteiger partial charge in [-0.3, -0.25) is 4.48 Å². The minimum Gasteiger partial charge on any atom is -0.509 e. The van der Waals surface area contributed by atoms with Crippen LogP contribution in [0.4, 0.5) is 22.7 Å². The molecule has 6 heteroatoms. The van der Waals surface area contributed by atoms with Crippen LogP contribution in [0, 0.1) is 18.8 Å². The molecule has 0 N–H and O–H groups in total. The summed E-state index contributed by atoms with van der Waals surface area (Å²) >= 11 is 0. The third-order valence-electron chi connectivity index (χ3n) is 15.6. The van der Waals surface area contributed by atoms with Gasteiger partial charge in [-0.15, -0.1) is 29.7 Å². The van der Waals surface area contributed by atoms with Crippen LogP contribution in [0.3, 0.4) is 0 Å². The van der Waals surface area contributed by atoms with Crippen molar-refractivity contribution in [3.63, 3.8) is 0 Å². The van der Waals surface area contributed by atoms with Crippen LogP contribution in [-0.2, 0) is 42.7 Å². The fourth-order valence-electron chi connectivity index (χ4n) is 11.3. The normalized spacial score (nSPS) is 17.6. The molecule has 0 unspecified atom stereocenters. The van der Waals surface area contributed by atoms with Crippen LogP contribution in [0.2, 0.25) is 0 Å². The Morgan fingerprint density at radius 2 is 1.19 bits per heavy atom. The number of aromatic nitrogens is 2. The van der Waals surface area contributed by atoms with E-state index >= 15 is 0 Å². The number of hydrogen-bond acceptors (Lipinski definition) is 2. The number of para-hydroxylation sites is 2. The Balaban J connectivity index is 0.00000626. The Bertz CT molecular complexity index is 3590. The summed E-state index contributed by atoms with van der Waals surface area (Å²) in [4.78, 5) is 5.20. The van der Waals surface area contributed by atoms with Crippen molar-refractivity contribution in [3.05, 3.63) is 198 Å². The van der Waals surface area contributed by atoms with E-state index in [-0.39, 0.29) is 48.6 Å². The van der Waals surface area contributed by atoms with Gasteiger partial charge < -0.3 is 13.8 Å². The standard InChI is InChI=1S/C68H71N4O.Pt/c1-44(2)58-40-63(69-41-59(58)45-28-30-47(31-29-45)65(3,4)5)70-60-26-16-15-24-56(60)57-33-32-54(39-61(57)70)73-53-23-18-22-51(38-53)71-42-72(43-71,52-36-49(67(9,10)11)35-50(37-52)68(12,13)14)64-55(25-19-27-62(64)71)46-20-17-21-48(34-46)66(6,7)8;/h15-37,40-42,44H,43H2,1-14H3;/q-1;/t71-,72+;/m1./s1. The SMILES string of the molecule is CC(C)c1cc(-n2c3[c-]c(Oc4[c-]c([N@@+]56[CH-][N@@+](c7cc(C(C)(C)C)cc(C(C)(C)C)c7)(C5)c5c(-c7cccc(C(C)(C)C)c7)cccc56)ccc4)ccc3c3ccccc32)ncc1-c1ccc(C(C)(C)C)cc1.[Pt]. The fourth-order valence-corrected chi connectivity index (χ4v) is 11.3. The Hall–Kier alpha value is -6.10. The van der Waals surface area contributed by atoms with Crippen molar-refractivity contribution in [3.8, 4) is 39.6 Å². The first kappa shape index (κ1) is 51.4. The topological polar surface area (TPSA) is 27.1 Å². The predicted molar refractivity (Wildman–Crippen MR) is 307 cm³/mol. The van der Waals surface area contributed by atoms with Crippen molar-refractivity contribution in [2.75, 3.05) is 6.67 Å². The van der Waals surface area contributed by atoms with E-state index < -0.39 is 0 Å². The Labute approximate surface area is 455 Å². The summed E-state index contributed by atoms with van der Waals surface area (Å²) in [6, 6.07) is 61.5. The van der Waals surface area contributed by atoms with Gasteiger partial charge in [0.1, 0.15) is 11.5 Å². The fraction of sp³-hybridized carbons (Fsp3) is 0.294. The van der Waals surface area contributed by atoms with Gasteiger partial charge >= 0.3 is 0 Å². The molecule has 380 valence electrons. The number of fused-ring (bicyclic) bond motifs is 3. The molecule has 7 aromatic carbocycles. The maximum Gasteiger partial charge on any atom is 0.187 e. The van der Waals surface area contributed by atoms with Gasteiger partial charge in [-0.25, -0.2) is 4.98 Å². The molecule has 1 saturated heterocycles. The monoisotopic (exact) mass is 1150 g/mol. The molecule has 74 heavy (non-hydrogen) atoms. The van der Waals surface area contributed by atoms with E-state index in [0.29, 0.717) is 20.5 Å². The molecule has 2 bridgehead atoms. The van der Waals surface area contributed by atoms with E-state index in [1.54, 1.807) is 0 Å². The van der Waals surface area contributed by atoms with Gasteiger partial charge in [0, 0.05) is 79.3 Å². The third kappa shape index (κ3) is 8.67. The summed E-state index contributed by atoms with van der Waals surface area (Å²) in [6.45, 7) is 35.5. The second-order valence-corrected chi connectivity index (χ2v) is 25.3. The molecular formula is C68H71N4OPt-. The Morgan fingerprint density at radius 1 is 0.554 bits per heavy atom. The van der Waals surface area contributed by atoms with Crippen molar-refractivity contribution < 1.29 is 25.8 Å². The smallest absolute Gasteiger partial charge is 0.187 e. The maximum absolute atomic E-state index is 6.88. The molecule has 2 aromatic heterocycles. The molecule has 5 nitrogen and oxygen atoms in total. The van der Waals surface area contributed by atoms with Gasteiger partial charge in [-0.1, -0.05) is 187 Å². The van der Waals surface area contributed by atoms with Crippen LogP contribution in [0.1, 0.15) is 131 Å². The van der Waals surface area contributed by atoms with E-state index in [1.165, 1.54) is 61.6 Å². The molecule has 2 atom stereocenters. The zero-order valence-corrected chi connectivity index (χ0v) is 48.1. The van der Waals surface area contributed by atoms with Crippen LogP contribution in [0.5, 0.6) is 11.5 Å². The first-order valence-electron chi connectivity index (χ1n) is 26.3. The largest absolute Gasteiger partial charge is 0.509 e. The van der Waals surface area contributed by atoms with Gasteiger partial charge in [0.25, 0.3) is 0 Å². The van der Waals surface area contributed by atoms with Gasteiger partial charge in [-0.2, -0.15) is 12.1 Å². The molecule has 0 saturated carbocycles. The first-order chi connectivity index (χ1) is 34.4. The van der Waals surface area contributed by atoms with Crippen LogP contribution < -0.4 is 13.7 Å². The second kappa shape index (κ2) is 18.0. The minimum atomic E-state index is -0.0281. The van der Waals surface area contributed by atoms with Gasteiger partial charge in [0.15, 0.2) is 18.0 Å². The Morgan fingerprint density at radius 3 is 1.85 bits per heavy atom. The Kier molecular flexibility index (Phi) is 12.5. The molecule has 0 radical (unpaired) electrons. The molecule has 9 aromatic rings. The summed E-state index contributed by atoms with van der Waals surface area (Å²) in [5.41, 5.74) is 18.4. The van der Waals surface area contributed by atoms with Gasteiger partial charge in [0.2, 0.25) is 0 Å². The van der Waals surface area contributed by atoms with E-state index in [0.717, 1.165) is 45.5 Å². The van der Waals surface area contributed by atoms with Crippen molar-refractivity contribution in [2.45, 2.75) is 125 Å². The van der Waals surface area contributed by atoms with Crippen molar-refractivity contribution in [2.24, 2.45) is 0 Å². The zero-order valence-electron chi connectivity index (χ0n) is 45.8. The molecule has 0 aliphatic carbocycles. The molecule has 3 aliphatic heterocycles. The predicted octanol–water partition coefficient (Wildman–Crippen LogP) is 18.6.